The second-order valence-electron chi connectivity index (χ2n) is 8.36. The van der Waals surface area contributed by atoms with Gasteiger partial charge in [0.25, 0.3) is 0 Å². The summed E-state index contributed by atoms with van der Waals surface area (Å²) >= 11 is 0. The monoisotopic (exact) mass is 354 g/mol. The van der Waals surface area contributed by atoms with Crippen LogP contribution in [0.15, 0.2) is 42.5 Å². The van der Waals surface area contributed by atoms with E-state index in [0.29, 0.717) is 0 Å². The van der Waals surface area contributed by atoms with Crippen LogP contribution in [0.4, 0.5) is 0 Å². The minimum atomic E-state index is 0.271. The third-order valence-electron chi connectivity index (χ3n) is 5.88. The molecule has 0 unspecified atom stereocenters. The molecule has 0 saturated carbocycles. The Bertz CT molecular complexity index is 887. The molecule has 0 aliphatic rings. The van der Waals surface area contributed by atoms with Gasteiger partial charge in [-0.3, -0.25) is 0 Å². The first-order valence-electron chi connectivity index (χ1n) is 9.92. The summed E-state index contributed by atoms with van der Waals surface area (Å²) in [6.07, 6.45) is 0. The Morgan fingerprint density at radius 3 is 1.07 bits per heavy atom. The fourth-order valence-electron chi connectivity index (χ4n) is 5.01. The van der Waals surface area contributed by atoms with Crippen molar-refractivity contribution < 1.29 is 0 Å². The zero-order valence-electron chi connectivity index (χ0n) is 18.1. The van der Waals surface area contributed by atoms with Crippen LogP contribution in [0, 0.1) is 55.4 Å². The van der Waals surface area contributed by atoms with Crippen molar-refractivity contribution in [3.8, 4) is 0 Å². The third kappa shape index (κ3) is 3.61. The van der Waals surface area contributed by atoms with Gasteiger partial charge < -0.3 is 0 Å². The number of hydrogen-bond acceptors (Lipinski definition) is 0. The van der Waals surface area contributed by atoms with Crippen molar-refractivity contribution in [1.82, 2.24) is 0 Å². The SMILES string of the molecule is Cc1cc(C)c(B(c2c(C)cccc2C)c2c(C)cc(C)cc2C)c(C)c1. The van der Waals surface area contributed by atoms with Crippen LogP contribution in [-0.2, 0) is 0 Å². The van der Waals surface area contributed by atoms with E-state index in [1.54, 1.807) is 0 Å². The van der Waals surface area contributed by atoms with Crippen LogP contribution in [0.3, 0.4) is 0 Å². The summed E-state index contributed by atoms with van der Waals surface area (Å²) in [5, 5.41) is 0. The highest BCUT2D eigenvalue weighted by molar-refractivity contribution is 6.97. The maximum Gasteiger partial charge on any atom is 0.243 e. The highest BCUT2D eigenvalue weighted by Crippen LogP contribution is 2.14. The highest BCUT2D eigenvalue weighted by atomic mass is 14.1. The Morgan fingerprint density at radius 1 is 0.444 bits per heavy atom. The molecular weight excluding hydrogens is 323 g/mol. The molecule has 0 aliphatic carbocycles. The molecule has 0 spiro atoms. The van der Waals surface area contributed by atoms with E-state index in [9.17, 15) is 0 Å². The van der Waals surface area contributed by atoms with Crippen LogP contribution < -0.4 is 16.4 Å². The van der Waals surface area contributed by atoms with E-state index in [4.69, 9.17) is 0 Å². The molecule has 0 bridgehead atoms. The van der Waals surface area contributed by atoms with Gasteiger partial charge in [0.05, 0.1) is 0 Å². The Kier molecular flexibility index (Phi) is 5.33. The van der Waals surface area contributed by atoms with Crippen LogP contribution in [0.25, 0.3) is 0 Å². The van der Waals surface area contributed by atoms with Crippen LogP contribution in [0.5, 0.6) is 0 Å². The molecule has 138 valence electrons. The number of aryl methyl sites for hydroxylation is 8. The first-order valence-corrected chi connectivity index (χ1v) is 9.92. The van der Waals surface area contributed by atoms with E-state index < -0.39 is 0 Å². The van der Waals surface area contributed by atoms with Gasteiger partial charge in [0, 0.05) is 0 Å². The molecule has 3 aromatic rings. The van der Waals surface area contributed by atoms with Crippen molar-refractivity contribution in [3.05, 3.63) is 87.0 Å². The predicted octanol–water partition coefficient (Wildman–Crippen LogP) is 4.67. The van der Waals surface area contributed by atoms with Crippen LogP contribution in [-0.4, -0.2) is 6.71 Å². The Labute approximate surface area is 165 Å². The third-order valence-corrected chi connectivity index (χ3v) is 5.88. The van der Waals surface area contributed by atoms with E-state index in [2.05, 4.69) is 97.9 Å². The largest absolute Gasteiger partial charge is 0.243 e. The molecule has 1 heteroatoms. The van der Waals surface area contributed by atoms with E-state index >= 15 is 0 Å². The van der Waals surface area contributed by atoms with Crippen molar-refractivity contribution >= 4 is 23.1 Å². The van der Waals surface area contributed by atoms with E-state index in [0.717, 1.165) is 0 Å². The number of rotatable bonds is 3. The summed E-state index contributed by atoms with van der Waals surface area (Å²) in [5.74, 6) is 0. The molecule has 0 nitrogen and oxygen atoms in total. The topological polar surface area (TPSA) is 0 Å². The second-order valence-corrected chi connectivity index (χ2v) is 8.36. The molecule has 0 radical (unpaired) electrons. The van der Waals surface area contributed by atoms with Gasteiger partial charge in [0.2, 0.25) is 6.71 Å². The molecule has 0 aromatic heterocycles. The predicted molar refractivity (Wildman–Crippen MR) is 122 cm³/mol. The summed E-state index contributed by atoms with van der Waals surface area (Å²) < 4.78 is 0. The smallest absolute Gasteiger partial charge is 0.0629 e. The Hall–Kier alpha value is -2.28. The van der Waals surface area contributed by atoms with Gasteiger partial charge in [0.15, 0.2) is 0 Å². The van der Waals surface area contributed by atoms with Crippen LogP contribution >= 0.6 is 0 Å². The van der Waals surface area contributed by atoms with Gasteiger partial charge in [-0.05, 0) is 55.4 Å². The molecular formula is C26H31B. The number of hydrogen-bond donors (Lipinski definition) is 0. The van der Waals surface area contributed by atoms with Crippen molar-refractivity contribution in [3.63, 3.8) is 0 Å². The normalized spacial score (nSPS) is 11.0. The van der Waals surface area contributed by atoms with E-state index in [-0.39, 0.29) is 6.71 Å². The first-order chi connectivity index (χ1) is 12.7. The van der Waals surface area contributed by atoms with Crippen molar-refractivity contribution in [1.29, 1.82) is 0 Å². The van der Waals surface area contributed by atoms with Gasteiger partial charge in [-0.25, -0.2) is 0 Å². The molecule has 0 amide bonds. The molecule has 0 aliphatic heterocycles. The Morgan fingerprint density at radius 2 is 0.741 bits per heavy atom. The van der Waals surface area contributed by atoms with Crippen molar-refractivity contribution in [2.45, 2.75) is 55.4 Å². The average molecular weight is 354 g/mol. The highest BCUT2D eigenvalue weighted by Gasteiger charge is 2.30. The second kappa shape index (κ2) is 7.39. The summed E-state index contributed by atoms with van der Waals surface area (Å²) in [5.41, 5.74) is 15.4. The summed E-state index contributed by atoms with van der Waals surface area (Å²) in [6.45, 7) is 18.3. The maximum absolute atomic E-state index is 2.34. The quantitative estimate of drug-likeness (QED) is 0.600. The number of benzene rings is 3. The van der Waals surface area contributed by atoms with Gasteiger partial charge in [-0.1, -0.05) is 103 Å². The standard InChI is InChI=1S/C26H31B/c1-16-12-20(5)25(21(6)13-16)27(24-18(3)10-9-11-19(24)4)26-22(7)14-17(2)15-23(26)8/h9-15H,1-8H3. The van der Waals surface area contributed by atoms with Gasteiger partial charge in [-0.2, -0.15) is 0 Å². The molecule has 0 N–H and O–H groups in total. The fraction of sp³-hybridized carbons (Fsp3) is 0.308. The molecule has 3 rings (SSSR count). The fourth-order valence-corrected chi connectivity index (χ4v) is 5.01. The summed E-state index contributed by atoms with van der Waals surface area (Å²) in [7, 11) is 0. The molecule has 0 atom stereocenters. The van der Waals surface area contributed by atoms with E-state index in [1.165, 1.54) is 60.9 Å². The average Bonchev–Trinajstić information content (AvgIpc) is 2.52. The lowest BCUT2D eigenvalue weighted by molar-refractivity contribution is 1.33. The first kappa shape index (κ1) is 19.5. The van der Waals surface area contributed by atoms with Gasteiger partial charge >= 0.3 is 0 Å². The van der Waals surface area contributed by atoms with Crippen LogP contribution in [0.2, 0.25) is 0 Å². The van der Waals surface area contributed by atoms with Crippen LogP contribution in [0.1, 0.15) is 44.5 Å². The molecule has 0 fully saturated rings. The molecule has 0 heterocycles. The minimum absolute atomic E-state index is 0.271. The van der Waals surface area contributed by atoms with Gasteiger partial charge in [0.1, 0.15) is 0 Å². The molecule has 0 saturated heterocycles. The lowest BCUT2D eigenvalue weighted by Gasteiger charge is -2.27. The summed E-state index contributed by atoms with van der Waals surface area (Å²) in [4.78, 5) is 0. The minimum Gasteiger partial charge on any atom is -0.0629 e. The summed E-state index contributed by atoms with van der Waals surface area (Å²) in [6, 6.07) is 16.0. The lowest BCUT2D eigenvalue weighted by Crippen LogP contribution is -2.57. The molecule has 27 heavy (non-hydrogen) atoms. The van der Waals surface area contributed by atoms with Crippen molar-refractivity contribution in [2.75, 3.05) is 0 Å². The lowest BCUT2D eigenvalue weighted by atomic mass is 9.33. The van der Waals surface area contributed by atoms with E-state index in [1.807, 2.05) is 0 Å². The Balaban J connectivity index is 2.44. The van der Waals surface area contributed by atoms with Gasteiger partial charge in [-0.15, -0.1) is 0 Å². The van der Waals surface area contributed by atoms with Crippen molar-refractivity contribution in [2.24, 2.45) is 0 Å². The zero-order chi connectivity index (χ0) is 19.9. The maximum atomic E-state index is 2.34. The zero-order valence-corrected chi connectivity index (χ0v) is 18.1. The molecule has 3 aromatic carbocycles.